The highest BCUT2D eigenvalue weighted by Crippen LogP contribution is 2.26. The Bertz CT molecular complexity index is 429. The van der Waals surface area contributed by atoms with Crippen LogP contribution in [0.2, 0.25) is 0 Å². The number of ether oxygens (including phenoxy) is 1. The number of hydrogen-bond acceptors (Lipinski definition) is 3. The lowest BCUT2D eigenvalue weighted by Crippen LogP contribution is -2.11. The summed E-state index contributed by atoms with van der Waals surface area (Å²) in [6.07, 6.45) is -2.75. The number of esters is 1. The fourth-order valence-electron chi connectivity index (χ4n) is 1.21. The summed E-state index contributed by atoms with van der Waals surface area (Å²) >= 11 is 5.04. The molecular formula is C10H9BrF2INO2. The highest BCUT2D eigenvalue weighted by molar-refractivity contribution is 14.1. The molecule has 0 radical (unpaired) electrons. The third-order valence-electron chi connectivity index (χ3n) is 2.06. The van der Waals surface area contributed by atoms with Crippen molar-refractivity contribution in [3.8, 4) is 0 Å². The number of halogens is 4. The normalized spacial score (nSPS) is 10.7. The van der Waals surface area contributed by atoms with Crippen LogP contribution in [0.1, 0.15) is 23.4 Å². The van der Waals surface area contributed by atoms with Gasteiger partial charge in [0.2, 0.25) is 0 Å². The molecule has 1 aromatic heterocycles. The van der Waals surface area contributed by atoms with Crippen molar-refractivity contribution in [2.75, 3.05) is 7.11 Å². The van der Waals surface area contributed by atoms with Gasteiger partial charge in [-0.1, -0.05) is 15.9 Å². The average molecular weight is 420 g/mol. The molecular weight excluding hydrogens is 411 g/mol. The molecule has 7 heteroatoms. The molecule has 0 fully saturated rings. The summed E-state index contributed by atoms with van der Waals surface area (Å²) in [4.78, 5) is 15.0. The molecule has 0 N–H and O–H groups in total. The molecule has 1 heterocycles. The Labute approximate surface area is 119 Å². The molecule has 1 aromatic rings. The van der Waals surface area contributed by atoms with Gasteiger partial charge in [0.15, 0.2) is 0 Å². The van der Waals surface area contributed by atoms with E-state index in [1.54, 1.807) is 28.7 Å². The van der Waals surface area contributed by atoms with Crippen molar-refractivity contribution in [1.82, 2.24) is 4.98 Å². The van der Waals surface area contributed by atoms with Crippen LogP contribution < -0.4 is 0 Å². The SMILES string of the molecule is COC(=O)Cc1nc(C(F)F)c(I)cc1CBr. The highest BCUT2D eigenvalue weighted by atomic mass is 127. The quantitative estimate of drug-likeness (QED) is 0.427. The molecule has 17 heavy (non-hydrogen) atoms. The first-order chi connectivity index (χ1) is 7.99. The summed E-state index contributed by atoms with van der Waals surface area (Å²) in [7, 11) is 1.25. The first-order valence-corrected chi connectivity index (χ1v) is 6.78. The van der Waals surface area contributed by atoms with Crippen LogP contribution in [0.3, 0.4) is 0 Å². The van der Waals surface area contributed by atoms with Gasteiger partial charge in [-0.05, 0) is 34.2 Å². The van der Waals surface area contributed by atoms with Crippen molar-refractivity contribution in [3.05, 3.63) is 26.6 Å². The first kappa shape index (κ1) is 14.7. The maximum Gasteiger partial charge on any atom is 0.311 e. The molecule has 0 saturated heterocycles. The third-order valence-corrected chi connectivity index (χ3v) is 3.53. The molecule has 0 amide bonds. The molecule has 0 unspecified atom stereocenters. The highest BCUT2D eigenvalue weighted by Gasteiger charge is 2.18. The summed E-state index contributed by atoms with van der Waals surface area (Å²) in [5, 5.41) is 0.450. The molecule has 0 saturated carbocycles. The minimum Gasteiger partial charge on any atom is -0.469 e. The number of alkyl halides is 3. The maximum absolute atomic E-state index is 12.7. The third kappa shape index (κ3) is 3.84. The fraction of sp³-hybridized carbons (Fsp3) is 0.400. The van der Waals surface area contributed by atoms with Crippen molar-refractivity contribution < 1.29 is 18.3 Å². The smallest absolute Gasteiger partial charge is 0.311 e. The van der Waals surface area contributed by atoms with Crippen molar-refractivity contribution in [1.29, 1.82) is 0 Å². The molecule has 0 spiro atoms. The largest absolute Gasteiger partial charge is 0.469 e. The van der Waals surface area contributed by atoms with E-state index in [2.05, 4.69) is 25.7 Å². The number of carbonyl (C=O) groups excluding carboxylic acids is 1. The Balaban J connectivity index is 3.16. The Kier molecular flexibility index (Phi) is 5.71. The maximum atomic E-state index is 12.7. The van der Waals surface area contributed by atoms with Gasteiger partial charge in [0.1, 0.15) is 5.69 Å². The van der Waals surface area contributed by atoms with Crippen molar-refractivity contribution in [2.24, 2.45) is 0 Å². The van der Waals surface area contributed by atoms with Gasteiger partial charge in [-0.3, -0.25) is 4.79 Å². The topological polar surface area (TPSA) is 39.2 Å². The van der Waals surface area contributed by atoms with Gasteiger partial charge in [-0.15, -0.1) is 0 Å². The lowest BCUT2D eigenvalue weighted by atomic mass is 10.1. The van der Waals surface area contributed by atoms with Gasteiger partial charge in [-0.2, -0.15) is 0 Å². The van der Waals surface area contributed by atoms with Crippen molar-refractivity contribution in [2.45, 2.75) is 18.2 Å². The second-order valence-corrected chi connectivity index (χ2v) is 4.87. The monoisotopic (exact) mass is 419 g/mol. The van der Waals surface area contributed by atoms with Crippen molar-refractivity contribution >= 4 is 44.5 Å². The standard InChI is InChI=1S/C10H9BrF2INO2/c1-17-8(16)3-7-5(4-11)2-6(14)9(15-7)10(12)13/h2,10H,3-4H2,1H3. The number of aromatic nitrogens is 1. The minimum atomic E-state index is -2.65. The lowest BCUT2D eigenvalue weighted by molar-refractivity contribution is -0.139. The van der Waals surface area contributed by atoms with E-state index < -0.39 is 12.4 Å². The van der Waals surface area contributed by atoms with Gasteiger partial charge in [0.05, 0.1) is 19.2 Å². The van der Waals surface area contributed by atoms with Crippen LogP contribution in [-0.2, 0) is 21.3 Å². The Morgan fingerprint density at radius 2 is 2.29 bits per heavy atom. The number of nitrogens with zero attached hydrogens (tertiary/aromatic N) is 1. The number of carbonyl (C=O) groups is 1. The zero-order chi connectivity index (χ0) is 13.0. The molecule has 1 rings (SSSR count). The molecule has 0 aliphatic heterocycles. The summed E-state index contributed by atoms with van der Waals surface area (Å²) in [5.41, 5.74) is 0.739. The van der Waals surface area contributed by atoms with Crippen LogP contribution in [0.25, 0.3) is 0 Å². The van der Waals surface area contributed by atoms with Gasteiger partial charge < -0.3 is 4.74 Å². The van der Waals surface area contributed by atoms with Gasteiger partial charge in [-0.25, -0.2) is 13.8 Å². The second kappa shape index (κ2) is 6.58. The molecule has 0 aromatic carbocycles. The molecule has 0 atom stereocenters. The van der Waals surface area contributed by atoms with Crippen LogP contribution in [0.15, 0.2) is 6.07 Å². The minimum absolute atomic E-state index is 0.103. The van der Waals surface area contributed by atoms with Crippen LogP contribution >= 0.6 is 38.5 Å². The zero-order valence-electron chi connectivity index (χ0n) is 8.84. The van der Waals surface area contributed by atoms with Gasteiger partial charge in [0, 0.05) is 8.90 Å². The van der Waals surface area contributed by atoms with Crippen LogP contribution in [-0.4, -0.2) is 18.1 Å². The Morgan fingerprint density at radius 3 is 2.76 bits per heavy atom. The lowest BCUT2D eigenvalue weighted by Gasteiger charge is -2.10. The molecule has 94 valence electrons. The van der Waals surface area contributed by atoms with Crippen LogP contribution in [0, 0.1) is 3.57 Å². The van der Waals surface area contributed by atoms with E-state index in [0.29, 0.717) is 20.2 Å². The second-order valence-electron chi connectivity index (χ2n) is 3.15. The van der Waals surface area contributed by atoms with Crippen molar-refractivity contribution in [3.63, 3.8) is 0 Å². The predicted octanol–water partition coefficient (Wildman–Crippen LogP) is 3.23. The number of hydrogen-bond donors (Lipinski definition) is 0. The van der Waals surface area contributed by atoms with Gasteiger partial charge >= 0.3 is 5.97 Å². The number of methoxy groups -OCH3 is 1. The molecule has 3 nitrogen and oxygen atoms in total. The van der Waals surface area contributed by atoms with Crippen LogP contribution in [0.4, 0.5) is 8.78 Å². The summed E-state index contributed by atoms with van der Waals surface area (Å²) in [5.74, 6) is -0.499. The zero-order valence-corrected chi connectivity index (χ0v) is 12.6. The van der Waals surface area contributed by atoms with Crippen LogP contribution in [0.5, 0.6) is 0 Å². The summed E-state index contributed by atoms with van der Waals surface area (Å²) in [6.45, 7) is 0. The van der Waals surface area contributed by atoms with E-state index in [1.165, 1.54) is 7.11 Å². The average Bonchev–Trinajstić information content (AvgIpc) is 2.30. The van der Waals surface area contributed by atoms with E-state index in [9.17, 15) is 13.6 Å². The van der Waals surface area contributed by atoms with E-state index in [1.807, 2.05) is 0 Å². The van der Waals surface area contributed by atoms with E-state index in [4.69, 9.17) is 0 Å². The Hall–Kier alpha value is -0.310. The van der Waals surface area contributed by atoms with E-state index >= 15 is 0 Å². The predicted molar refractivity (Wildman–Crippen MR) is 70.3 cm³/mol. The fourth-order valence-corrected chi connectivity index (χ4v) is 2.43. The molecule has 0 aliphatic rings. The number of pyridine rings is 1. The Morgan fingerprint density at radius 1 is 1.65 bits per heavy atom. The summed E-state index contributed by atoms with van der Waals surface area (Å²) in [6, 6.07) is 1.60. The molecule has 0 bridgehead atoms. The first-order valence-electron chi connectivity index (χ1n) is 4.58. The molecule has 0 aliphatic carbocycles. The van der Waals surface area contributed by atoms with Gasteiger partial charge in [0.25, 0.3) is 6.43 Å². The van der Waals surface area contributed by atoms with E-state index in [-0.39, 0.29) is 12.1 Å². The number of rotatable bonds is 4. The summed E-state index contributed by atoms with van der Waals surface area (Å²) < 4.78 is 30.2. The van der Waals surface area contributed by atoms with E-state index in [0.717, 1.165) is 0 Å².